The highest BCUT2D eigenvalue weighted by molar-refractivity contribution is 7.84. The molecule has 4 nitrogen and oxygen atoms in total. The molecule has 0 amide bonds. The zero-order valence-corrected chi connectivity index (χ0v) is 11.7. The molecule has 0 bridgehead atoms. The average molecular weight is 273 g/mol. The largest absolute Gasteiger partial charge is 0.368 e. The van der Waals surface area contributed by atoms with Crippen molar-refractivity contribution in [3.8, 4) is 6.07 Å². The number of aromatic nitrogens is 1. The van der Waals surface area contributed by atoms with E-state index in [0.717, 1.165) is 10.9 Å². The Morgan fingerprint density at radius 2 is 2.21 bits per heavy atom. The molecule has 0 spiro atoms. The minimum absolute atomic E-state index is 0.0137. The van der Waals surface area contributed by atoms with Gasteiger partial charge in [-0.2, -0.15) is 5.26 Å². The molecular formula is C14H15N3OS. The summed E-state index contributed by atoms with van der Waals surface area (Å²) < 4.78 is 11.3. The number of pyridine rings is 1. The minimum atomic E-state index is -0.893. The normalized spacial score (nSPS) is 13.7. The minimum Gasteiger partial charge on any atom is -0.368 e. The first-order valence-corrected chi connectivity index (χ1v) is 7.60. The van der Waals surface area contributed by atoms with Crippen LogP contribution in [-0.4, -0.2) is 27.2 Å². The fourth-order valence-electron chi connectivity index (χ4n) is 1.69. The standard InChI is InChI=1S/C14H15N3OS/c1-10(19(2)18)9-16-14-12(8-15)7-11-5-3-4-6-13(11)17-14/h3-7,10H,9H2,1-2H3,(H,16,17). The van der Waals surface area contributed by atoms with Crippen molar-refractivity contribution >= 4 is 27.5 Å². The molecule has 1 aromatic heterocycles. The SMILES string of the molecule is CC(CNc1nc2ccccc2cc1C#N)S(C)=O. The fraction of sp³-hybridized carbons (Fsp3) is 0.286. The van der Waals surface area contributed by atoms with Gasteiger partial charge in [0.25, 0.3) is 0 Å². The molecule has 2 unspecified atom stereocenters. The highest BCUT2D eigenvalue weighted by atomic mass is 32.2. The van der Waals surface area contributed by atoms with Crippen LogP contribution < -0.4 is 5.32 Å². The van der Waals surface area contributed by atoms with Gasteiger partial charge < -0.3 is 5.32 Å². The number of hydrogen-bond donors (Lipinski definition) is 1. The maximum absolute atomic E-state index is 11.3. The van der Waals surface area contributed by atoms with Crippen LogP contribution in [0.15, 0.2) is 30.3 Å². The number of nitrogens with one attached hydrogen (secondary N) is 1. The average Bonchev–Trinajstić information content (AvgIpc) is 2.43. The summed E-state index contributed by atoms with van der Waals surface area (Å²) >= 11 is 0. The molecule has 0 fully saturated rings. The Bertz CT molecular complexity index is 663. The number of para-hydroxylation sites is 1. The lowest BCUT2D eigenvalue weighted by atomic mass is 10.1. The molecule has 0 radical (unpaired) electrons. The highest BCUT2D eigenvalue weighted by Gasteiger charge is 2.10. The van der Waals surface area contributed by atoms with E-state index in [9.17, 15) is 4.21 Å². The van der Waals surface area contributed by atoms with Crippen LogP contribution in [0.5, 0.6) is 0 Å². The van der Waals surface area contributed by atoms with Crippen LogP contribution in [0, 0.1) is 11.3 Å². The summed E-state index contributed by atoms with van der Waals surface area (Å²) in [4.78, 5) is 4.44. The van der Waals surface area contributed by atoms with Gasteiger partial charge in [0.05, 0.1) is 11.1 Å². The van der Waals surface area contributed by atoms with E-state index < -0.39 is 10.8 Å². The molecule has 2 aromatic rings. The first-order valence-electron chi connectivity index (χ1n) is 5.98. The zero-order valence-electron chi connectivity index (χ0n) is 10.9. The third-order valence-corrected chi connectivity index (χ3v) is 4.27. The lowest BCUT2D eigenvalue weighted by Gasteiger charge is -2.12. The van der Waals surface area contributed by atoms with Gasteiger partial charge in [0, 0.05) is 34.2 Å². The van der Waals surface area contributed by atoms with Crippen LogP contribution in [0.1, 0.15) is 12.5 Å². The van der Waals surface area contributed by atoms with Gasteiger partial charge >= 0.3 is 0 Å². The lowest BCUT2D eigenvalue weighted by molar-refractivity contribution is 0.679. The number of anilines is 1. The number of nitrogens with zero attached hydrogens (tertiary/aromatic N) is 2. The van der Waals surface area contributed by atoms with Crippen molar-refractivity contribution in [2.45, 2.75) is 12.2 Å². The molecule has 1 aromatic carbocycles. The third-order valence-electron chi connectivity index (χ3n) is 2.97. The summed E-state index contributed by atoms with van der Waals surface area (Å²) in [5.74, 6) is 0.554. The fourth-order valence-corrected chi connectivity index (χ4v) is 2.01. The first-order chi connectivity index (χ1) is 9.11. The summed E-state index contributed by atoms with van der Waals surface area (Å²) in [6.45, 7) is 2.43. The maximum atomic E-state index is 11.3. The van der Waals surface area contributed by atoms with Gasteiger partial charge in [-0.1, -0.05) is 18.2 Å². The van der Waals surface area contributed by atoms with E-state index in [1.807, 2.05) is 37.3 Å². The van der Waals surface area contributed by atoms with Crippen molar-refractivity contribution < 1.29 is 4.21 Å². The van der Waals surface area contributed by atoms with Gasteiger partial charge in [0.2, 0.25) is 0 Å². The van der Waals surface area contributed by atoms with Gasteiger partial charge in [0.15, 0.2) is 0 Å². The van der Waals surface area contributed by atoms with E-state index >= 15 is 0 Å². The van der Waals surface area contributed by atoms with E-state index in [1.54, 1.807) is 6.26 Å². The van der Waals surface area contributed by atoms with Crippen LogP contribution in [0.2, 0.25) is 0 Å². The van der Waals surface area contributed by atoms with Crippen molar-refractivity contribution in [3.05, 3.63) is 35.9 Å². The van der Waals surface area contributed by atoms with Crippen LogP contribution in [0.3, 0.4) is 0 Å². The molecule has 5 heteroatoms. The number of fused-ring (bicyclic) bond motifs is 1. The van der Waals surface area contributed by atoms with Crippen molar-refractivity contribution in [1.29, 1.82) is 5.26 Å². The van der Waals surface area contributed by atoms with Gasteiger partial charge in [-0.05, 0) is 19.1 Å². The Kier molecular flexibility index (Phi) is 4.13. The number of rotatable bonds is 4. The molecule has 2 rings (SSSR count). The van der Waals surface area contributed by atoms with E-state index in [-0.39, 0.29) is 5.25 Å². The third kappa shape index (κ3) is 3.09. The van der Waals surface area contributed by atoms with Crippen molar-refractivity contribution in [1.82, 2.24) is 4.98 Å². The number of hydrogen-bond acceptors (Lipinski definition) is 4. The Hall–Kier alpha value is -1.93. The molecule has 0 aliphatic rings. The van der Waals surface area contributed by atoms with Crippen LogP contribution >= 0.6 is 0 Å². The zero-order chi connectivity index (χ0) is 13.8. The molecule has 2 atom stereocenters. The van der Waals surface area contributed by atoms with E-state index in [1.165, 1.54) is 0 Å². The topological polar surface area (TPSA) is 65.8 Å². The second kappa shape index (κ2) is 5.81. The number of benzene rings is 1. The first kappa shape index (κ1) is 13.5. The van der Waals surface area contributed by atoms with Gasteiger partial charge in [-0.3, -0.25) is 4.21 Å². The van der Waals surface area contributed by atoms with Crippen LogP contribution in [-0.2, 0) is 10.8 Å². The molecule has 0 saturated heterocycles. The molecule has 0 aliphatic heterocycles. The van der Waals surface area contributed by atoms with Crippen molar-refractivity contribution in [3.63, 3.8) is 0 Å². The highest BCUT2D eigenvalue weighted by Crippen LogP contribution is 2.19. The van der Waals surface area contributed by atoms with Crippen LogP contribution in [0.25, 0.3) is 10.9 Å². The summed E-state index contributed by atoms with van der Waals surface area (Å²) in [5, 5.41) is 13.2. The Balaban J connectivity index is 2.31. The molecule has 0 aliphatic carbocycles. The number of nitriles is 1. The molecule has 1 heterocycles. The predicted molar refractivity (Wildman–Crippen MR) is 78.5 cm³/mol. The monoisotopic (exact) mass is 273 g/mol. The van der Waals surface area contributed by atoms with E-state index in [0.29, 0.717) is 17.9 Å². The Morgan fingerprint density at radius 3 is 2.89 bits per heavy atom. The van der Waals surface area contributed by atoms with Gasteiger partial charge in [-0.25, -0.2) is 4.98 Å². The van der Waals surface area contributed by atoms with Crippen molar-refractivity contribution in [2.75, 3.05) is 18.1 Å². The van der Waals surface area contributed by atoms with Gasteiger partial charge in [-0.15, -0.1) is 0 Å². The molecule has 0 saturated carbocycles. The van der Waals surface area contributed by atoms with Gasteiger partial charge in [0.1, 0.15) is 11.9 Å². The summed E-state index contributed by atoms with van der Waals surface area (Å²) in [6.07, 6.45) is 1.67. The summed E-state index contributed by atoms with van der Waals surface area (Å²) in [7, 11) is -0.893. The summed E-state index contributed by atoms with van der Waals surface area (Å²) in [5.41, 5.74) is 1.35. The maximum Gasteiger partial charge on any atom is 0.144 e. The second-order valence-electron chi connectivity index (χ2n) is 4.38. The molecule has 98 valence electrons. The predicted octanol–water partition coefficient (Wildman–Crippen LogP) is 2.29. The molecule has 1 N–H and O–H groups in total. The van der Waals surface area contributed by atoms with E-state index in [2.05, 4.69) is 16.4 Å². The van der Waals surface area contributed by atoms with Crippen LogP contribution in [0.4, 0.5) is 5.82 Å². The lowest BCUT2D eigenvalue weighted by Crippen LogP contribution is -2.21. The van der Waals surface area contributed by atoms with Crippen molar-refractivity contribution in [2.24, 2.45) is 0 Å². The van der Waals surface area contributed by atoms with E-state index in [4.69, 9.17) is 5.26 Å². The Labute approximate surface area is 114 Å². The quantitative estimate of drug-likeness (QED) is 0.928. The molecular weight excluding hydrogens is 258 g/mol. The molecule has 19 heavy (non-hydrogen) atoms. The smallest absolute Gasteiger partial charge is 0.144 e. The summed E-state index contributed by atoms with van der Waals surface area (Å²) in [6, 6.07) is 11.6. The second-order valence-corrected chi connectivity index (χ2v) is 6.18. The Morgan fingerprint density at radius 1 is 1.47 bits per heavy atom.